The van der Waals surface area contributed by atoms with Crippen LogP contribution in [0.3, 0.4) is 0 Å². The lowest BCUT2D eigenvalue weighted by Crippen LogP contribution is -2.51. The van der Waals surface area contributed by atoms with Crippen LogP contribution < -0.4 is 14.8 Å². The Labute approximate surface area is 172 Å². The molecule has 0 saturated carbocycles. The van der Waals surface area contributed by atoms with Gasteiger partial charge in [0.1, 0.15) is 23.4 Å². The van der Waals surface area contributed by atoms with E-state index in [-0.39, 0.29) is 34.2 Å². The Morgan fingerprint density at radius 3 is 2.90 bits per heavy atom. The zero-order valence-electron chi connectivity index (χ0n) is 16.1. The molecule has 0 unspecified atom stereocenters. The third-order valence-electron chi connectivity index (χ3n) is 4.76. The van der Waals surface area contributed by atoms with Gasteiger partial charge in [-0.2, -0.15) is 5.26 Å². The first-order valence-corrected chi connectivity index (χ1v) is 10.2. The van der Waals surface area contributed by atoms with Crippen LogP contribution in [0.5, 0.6) is 5.75 Å². The van der Waals surface area contributed by atoms with Crippen LogP contribution in [0.2, 0.25) is 0 Å². The lowest BCUT2D eigenvalue weighted by atomic mass is 9.98. The van der Waals surface area contributed by atoms with Crippen molar-refractivity contribution < 1.29 is 27.4 Å². The van der Waals surface area contributed by atoms with Gasteiger partial charge in [0.2, 0.25) is 10.0 Å². The number of carbonyl (C=O) groups excluding carboxylic acids is 1. The number of anilines is 1. The molecule has 2 heterocycles. The molecule has 158 valence electrons. The Morgan fingerprint density at radius 2 is 2.27 bits per heavy atom. The fourth-order valence-electron chi connectivity index (χ4n) is 2.93. The van der Waals surface area contributed by atoms with Crippen LogP contribution in [0.25, 0.3) is 0 Å². The minimum atomic E-state index is -4.12. The number of carbonyl (C=O) groups is 1. The maximum atomic E-state index is 13.5. The monoisotopic (exact) mass is 434 g/mol. The van der Waals surface area contributed by atoms with E-state index in [0.717, 1.165) is 12.1 Å². The van der Waals surface area contributed by atoms with Crippen molar-refractivity contribution in [2.24, 2.45) is 7.05 Å². The van der Waals surface area contributed by atoms with E-state index in [4.69, 9.17) is 10.00 Å². The second kappa shape index (κ2) is 7.56. The van der Waals surface area contributed by atoms with E-state index in [9.17, 15) is 22.7 Å². The SMILES string of the molecule is C=C[C@@](C)(O)[C@H]1COc2c(cn(C)c2C(=O)Nc2ccc(F)c(C#N)c2)S(=O)(=O)N1. The van der Waals surface area contributed by atoms with E-state index in [1.54, 1.807) is 6.07 Å². The van der Waals surface area contributed by atoms with Gasteiger partial charge in [-0.25, -0.2) is 17.5 Å². The van der Waals surface area contributed by atoms with Crippen LogP contribution in [-0.4, -0.2) is 42.2 Å². The summed E-state index contributed by atoms with van der Waals surface area (Å²) in [6.45, 7) is 4.61. The third kappa shape index (κ3) is 3.80. The first-order valence-electron chi connectivity index (χ1n) is 8.71. The Bertz CT molecular complexity index is 1180. The molecule has 1 amide bonds. The van der Waals surface area contributed by atoms with Crippen molar-refractivity contribution in [1.29, 1.82) is 5.26 Å². The number of hydrogen-bond donors (Lipinski definition) is 3. The Hall–Kier alpha value is -3.20. The van der Waals surface area contributed by atoms with Crippen LogP contribution >= 0.6 is 0 Å². The lowest BCUT2D eigenvalue weighted by Gasteiger charge is -2.28. The summed E-state index contributed by atoms with van der Waals surface area (Å²) in [6.07, 6.45) is 2.40. The fraction of sp³-hybridized carbons (Fsp3) is 0.263. The van der Waals surface area contributed by atoms with Gasteiger partial charge in [-0.15, -0.1) is 6.58 Å². The van der Waals surface area contributed by atoms with Crippen LogP contribution in [0.1, 0.15) is 23.0 Å². The predicted octanol–water partition coefficient (Wildman–Crippen LogP) is 1.26. The average molecular weight is 434 g/mol. The summed E-state index contributed by atoms with van der Waals surface area (Å²) in [7, 11) is -2.66. The third-order valence-corrected chi connectivity index (χ3v) is 6.23. The highest BCUT2D eigenvalue weighted by Gasteiger charge is 2.40. The minimum absolute atomic E-state index is 0.0999. The van der Waals surface area contributed by atoms with Gasteiger partial charge in [0, 0.05) is 18.9 Å². The maximum Gasteiger partial charge on any atom is 0.276 e. The molecule has 9 nitrogen and oxygen atoms in total. The highest BCUT2D eigenvalue weighted by Crippen LogP contribution is 2.34. The molecular weight excluding hydrogens is 415 g/mol. The summed E-state index contributed by atoms with van der Waals surface area (Å²) in [5.74, 6) is -1.64. The number of ether oxygens (including phenoxy) is 1. The van der Waals surface area contributed by atoms with E-state index in [1.165, 1.54) is 36.9 Å². The lowest BCUT2D eigenvalue weighted by molar-refractivity contribution is 0.0555. The van der Waals surface area contributed by atoms with Crippen LogP contribution in [0.15, 0.2) is 41.9 Å². The topological polar surface area (TPSA) is 133 Å². The molecule has 3 rings (SSSR count). The number of aryl methyl sites for hydroxylation is 1. The number of amides is 1. The molecular formula is C19H19FN4O5S. The van der Waals surface area contributed by atoms with Gasteiger partial charge in [0.25, 0.3) is 5.91 Å². The second-order valence-electron chi connectivity index (χ2n) is 6.96. The molecule has 1 aliphatic heterocycles. The summed E-state index contributed by atoms with van der Waals surface area (Å²) in [5, 5.41) is 21.8. The van der Waals surface area contributed by atoms with Gasteiger partial charge < -0.3 is 19.7 Å². The molecule has 1 aromatic carbocycles. The van der Waals surface area contributed by atoms with Crippen molar-refractivity contribution in [1.82, 2.24) is 9.29 Å². The Kier molecular flexibility index (Phi) is 5.42. The number of fused-ring (bicyclic) bond motifs is 1. The van der Waals surface area contributed by atoms with Gasteiger partial charge in [-0.1, -0.05) is 6.08 Å². The Morgan fingerprint density at radius 1 is 1.57 bits per heavy atom. The zero-order chi connectivity index (χ0) is 22.3. The van der Waals surface area contributed by atoms with Gasteiger partial charge in [-0.3, -0.25) is 4.79 Å². The van der Waals surface area contributed by atoms with E-state index in [0.29, 0.717) is 0 Å². The number of benzene rings is 1. The Balaban J connectivity index is 1.99. The van der Waals surface area contributed by atoms with E-state index >= 15 is 0 Å². The molecule has 0 saturated heterocycles. The minimum Gasteiger partial charge on any atom is -0.488 e. The molecule has 1 aliphatic rings. The number of hydrogen-bond acceptors (Lipinski definition) is 6. The highest BCUT2D eigenvalue weighted by atomic mass is 32.2. The summed E-state index contributed by atoms with van der Waals surface area (Å²) in [6, 6.07) is 4.10. The molecule has 0 radical (unpaired) electrons. The number of aliphatic hydroxyl groups is 1. The average Bonchev–Trinajstić information content (AvgIpc) is 2.97. The highest BCUT2D eigenvalue weighted by molar-refractivity contribution is 7.89. The molecule has 0 fully saturated rings. The van der Waals surface area contributed by atoms with Crippen molar-refractivity contribution >= 4 is 21.6 Å². The van der Waals surface area contributed by atoms with Crippen LogP contribution in [0.4, 0.5) is 10.1 Å². The number of nitrogens with zero attached hydrogens (tertiary/aromatic N) is 2. The number of nitrogens with one attached hydrogen (secondary N) is 2. The summed E-state index contributed by atoms with van der Waals surface area (Å²) in [5.41, 5.74) is -1.80. The molecule has 3 N–H and O–H groups in total. The molecule has 2 atom stereocenters. The molecule has 0 bridgehead atoms. The molecule has 2 aromatic rings. The van der Waals surface area contributed by atoms with Crippen LogP contribution in [-0.2, 0) is 17.1 Å². The number of rotatable bonds is 4. The van der Waals surface area contributed by atoms with Gasteiger partial charge in [0.15, 0.2) is 11.4 Å². The number of nitriles is 1. The molecule has 11 heteroatoms. The quantitative estimate of drug-likeness (QED) is 0.621. The summed E-state index contributed by atoms with van der Waals surface area (Å²) in [4.78, 5) is 12.6. The number of aromatic nitrogens is 1. The summed E-state index contributed by atoms with van der Waals surface area (Å²) < 4.78 is 48.3. The first kappa shape index (κ1) is 21.5. The van der Waals surface area contributed by atoms with Crippen molar-refractivity contribution in [3.63, 3.8) is 0 Å². The summed E-state index contributed by atoms with van der Waals surface area (Å²) >= 11 is 0. The first-order chi connectivity index (χ1) is 14.0. The molecule has 30 heavy (non-hydrogen) atoms. The standard InChI is InChI=1S/C19H19FN4O5S/c1-4-19(2,26)15-10-29-17-14(30(27,28)23-15)9-24(3)16(17)18(25)22-12-5-6-13(20)11(7-12)8-21/h4-7,9,15,23,26H,1,10H2,2-3H3,(H,22,25)/t15-,19-/m1/s1. The smallest absolute Gasteiger partial charge is 0.276 e. The number of sulfonamides is 1. The van der Waals surface area contributed by atoms with E-state index < -0.39 is 33.4 Å². The van der Waals surface area contributed by atoms with Crippen LogP contribution in [0, 0.1) is 17.1 Å². The number of halogens is 1. The molecule has 0 aliphatic carbocycles. The molecule has 1 aromatic heterocycles. The van der Waals surface area contributed by atoms with Gasteiger partial charge in [-0.05, 0) is 25.1 Å². The zero-order valence-corrected chi connectivity index (χ0v) is 17.0. The van der Waals surface area contributed by atoms with E-state index in [2.05, 4.69) is 16.6 Å². The van der Waals surface area contributed by atoms with Crippen molar-refractivity contribution in [2.45, 2.75) is 23.5 Å². The van der Waals surface area contributed by atoms with E-state index in [1.807, 2.05) is 0 Å². The van der Waals surface area contributed by atoms with Crippen molar-refractivity contribution in [3.8, 4) is 11.8 Å². The van der Waals surface area contributed by atoms with Crippen molar-refractivity contribution in [2.75, 3.05) is 11.9 Å². The van der Waals surface area contributed by atoms with Crippen molar-refractivity contribution in [3.05, 3.63) is 54.1 Å². The fourth-order valence-corrected chi connectivity index (χ4v) is 4.44. The maximum absolute atomic E-state index is 13.5. The molecule has 0 spiro atoms. The van der Waals surface area contributed by atoms with Gasteiger partial charge in [0.05, 0.1) is 17.2 Å². The normalized spacial score (nSPS) is 19.4. The predicted molar refractivity (Wildman–Crippen MR) is 105 cm³/mol. The van der Waals surface area contributed by atoms with Gasteiger partial charge >= 0.3 is 0 Å². The largest absolute Gasteiger partial charge is 0.488 e. The second-order valence-corrected chi connectivity index (χ2v) is 8.64.